The van der Waals surface area contributed by atoms with Crippen LogP contribution in [0.25, 0.3) is 44.6 Å². The smallest absolute Gasteiger partial charge is 0.407 e. The maximum Gasteiger partial charge on any atom is 0.407 e. The van der Waals surface area contributed by atoms with Crippen LogP contribution in [0.4, 0.5) is 16.4 Å². The number of carbonyl (C=O) groups excluding carboxylic acids is 1. The number of hydrogen-bond acceptors (Lipinski definition) is 11. The topological polar surface area (TPSA) is 163 Å². The second kappa shape index (κ2) is 19.3. The minimum absolute atomic E-state index is 0.158. The molecule has 2 aromatic heterocycles. The van der Waals surface area contributed by atoms with Gasteiger partial charge in [0.25, 0.3) is 0 Å². The first-order valence-electron chi connectivity index (χ1n) is 21.5. The predicted molar refractivity (Wildman–Crippen MR) is 246 cm³/mol. The summed E-state index contributed by atoms with van der Waals surface area (Å²) >= 11 is 0. The molecule has 62 heavy (non-hydrogen) atoms. The van der Waals surface area contributed by atoms with Crippen LogP contribution in [0.15, 0.2) is 115 Å². The summed E-state index contributed by atoms with van der Waals surface area (Å²) in [6.45, 7) is 9.11. The molecule has 7 aromatic rings. The van der Waals surface area contributed by atoms with Gasteiger partial charge in [-0.1, -0.05) is 66.7 Å². The lowest BCUT2D eigenvalue weighted by atomic mass is 9.97. The molecule has 4 heterocycles. The molecule has 2 atom stereocenters. The molecule has 318 valence electrons. The van der Waals surface area contributed by atoms with E-state index in [0.717, 1.165) is 95.6 Å². The van der Waals surface area contributed by atoms with Gasteiger partial charge < -0.3 is 35.8 Å². The molecule has 12 heteroatoms. The van der Waals surface area contributed by atoms with Crippen molar-refractivity contribution >= 4 is 39.5 Å². The highest BCUT2D eigenvalue weighted by Gasteiger charge is 2.26. The molecule has 0 bridgehead atoms. The molecule has 0 radical (unpaired) electrons. The van der Waals surface area contributed by atoms with E-state index in [2.05, 4.69) is 58.4 Å². The van der Waals surface area contributed by atoms with E-state index in [1.54, 1.807) is 24.3 Å². The number of aryl methyl sites for hydroxylation is 2. The van der Waals surface area contributed by atoms with Crippen LogP contribution in [-0.4, -0.2) is 75.5 Å². The van der Waals surface area contributed by atoms with Crippen molar-refractivity contribution in [3.05, 3.63) is 132 Å². The van der Waals surface area contributed by atoms with Gasteiger partial charge in [0.2, 0.25) is 0 Å². The van der Waals surface area contributed by atoms with Gasteiger partial charge in [-0.15, -0.1) is 0 Å². The number of benzene rings is 5. The zero-order valence-corrected chi connectivity index (χ0v) is 35.4. The zero-order valence-electron chi connectivity index (χ0n) is 35.4. The number of aromatic nitrogens is 4. The van der Waals surface area contributed by atoms with Gasteiger partial charge in [0.05, 0.1) is 22.2 Å². The molecular weight excluding hydrogens is 777 g/mol. The highest BCUT2D eigenvalue weighted by Crippen LogP contribution is 2.35. The average Bonchev–Trinajstić information content (AvgIpc) is 3.30. The molecule has 0 aliphatic carbocycles. The highest BCUT2D eigenvalue weighted by molar-refractivity contribution is 5.93. The molecule has 0 spiro atoms. The summed E-state index contributed by atoms with van der Waals surface area (Å²) in [7, 11) is 0. The largest absolute Gasteiger partial charge is 0.507 e. The molecule has 2 aliphatic rings. The fraction of sp³-hybridized carbons (Fsp3) is 0.300. The van der Waals surface area contributed by atoms with E-state index in [-0.39, 0.29) is 24.0 Å². The molecule has 2 saturated heterocycles. The zero-order chi connectivity index (χ0) is 43.0. The van der Waals surface area contributed by atoms with Gasteiger partial charge >= 0.3 is 6.09 Å². The number of phenolic OH excluding ortho intramolecular Hbond substituents is 2. The number of para-hydroxylation sites is 2. The number of fused-ring (bicyclic) bond motifs is 2. The first kappa shape index (κ1) is 41.9. The van der Waals surface area contributed by atoms with E-state index in [9.17, 15) is 15.0 Å². The van der Waals surface area contributed by atoms with Crippen molar-refractivity contribution < 1.29 is 19.7 Å². The SMILES string of the molecule is Cc1ccc2c(N3CCCC(CN)C3)nc(-c3ccccc3O)nc2c1.Cc1ccc2c(N3CCCC(CNC(=O)OCc4ccccc4)C3)nc(-c3ccccc3O)nc2c1. The van der Waals surface area contributed by atoms with Crippen molar-refractivity contribution in [3.63, 3.8) is 0 Å². The van der Waals surface area contributed by atoms with Crippen molar-refractivity contribution in [2.45, 2.75) is 46.1 Å². The first-order chi connectivity index (χ1) is 30.2. The summed E-state index contributed by atoms with van der Waals surface area (Å²) in [6, 6.07) is 36.5. The number of nitrogens with one attached hydrogen (secondary N) is 1. The molecule has 0 saturated carbocycles. The number of ether oxygens (including phenoxy) is 1. The Morgan fingerprint density at radius 1 is 0.677 bits per heavy atom. The van der Waals surface area contributed by atoms with Crippen LogP contribution < -0.4 is 20.9 Å². The van der Waals surface area contributed by atoms with Crippen molar-refractivity contribution in [1.82, 2.24) is 25.3 Å². The molecular formula is C50H54N8O4. The third kappa shape index (κ3) is 9.87. The summed E-state index contributed by atoms with van der Waals surface area (Å²) < 4.78 is 5.37. The van der Waals surface area contributed by atoms with Crippen molar-refractivity contribution in [3.8, 4) is 34.3 Å². The van der Waals surface area contributed by atoms with Crippen LogP contribution in [-0.2, 0) is 11.3 Å². The number of carbonyl (C=O) groups is 1. The van der Waals surface area contributed by atoms with Gasteiger partial charge in [0, 0.05) is 43.5 Å². The monoisotopic (exact) mass is 830 g/mol. The Labute approximate surface area is 362 Å². The number of piperidine rings is 2. The molecule has 12 nitrogen and oxygen atoms in total. The van der Waals surface area contributed by atoms with Gasteiger partial charge in [0.1, 0.15) is 29.7 Å². The van der Waals surface area contributed by atoms with Crippen LogP contribution in [0.3, 0.4) is 0 Å². The number of anilines is 2. The Kier molecular flexibility index (Phi) is 13.0. The molecule has 9 rings (SSSR count). The van der Waals surface area contributed by atoms with Crippen LogP contribution in [0.5, 0.6) is 11.5 Å². The number of rotatable bonds is 9. The van der Waals surface area contributed by atoms with E-state index < -0.39 is 6.09 Å². The summed E-state index contributed by atoms with van der Waals surface area (Å²) in [4.78, 5) is 36.2. The van der Waals surface area contributed by atoms with Crippen LogP contribution >= 0.6 is 0 Å². The quantitative estimate of drug-likeness (QED) is 0.110. The highest BCUT2D eigenvalue weighted by atomic mass is 16.5. The van der Waals surface area contributed by atoms with Crippen molar-refractivity contribution in [2.75, 3.05) is 49.1 Å². The standard InChI is InChI=1S/C29H30N4O3.C21H24N4O/c1-20-13-14-23-25(16-20)31-27(24-11-5-6-12-26(24)34)32-28(23)33-15-7-10-22(18-33)17-30-29(35)36-19-21-8-3-2-4-9-21;1-14-8-9-16-18(11-14)23-20(17-6-2-3-7-19(17)26)24-21(16)25-10-4-5-15(12-22)13-25/h2-6,8-9,11-14,16,22,34H,7,10,15,17-19H2,1H3,(H,30,35);2-3,6-9,11,15,26H,4-5,10,12-13,22H2,1H3. The third-order valence-corrected chi connectivity index (χ3v) is 11.7. The van der Waals surface area contributed by atoms with E-state index in [0.29, 0.717) is 41.8 Å². The lowest BCUT2D eigenvalue weighted by molar-refractivity contribution is 0.137. The molecule has 1 amide bonds. The Morgan fingerprint density at radius 2 is 1.18 bits per heavy atom. The number of nitrogens with zero attached hydrogens (tertiary/aromatic N) is 6. The van der Waals surface area contributed by atoms with Gasteiger partial charge in [-0.2, -0.15) is 0 Å². The number of aromatic hydroxyl groups is 2. The van der Waals surface area contributed by atoms with E-state index in [4.69, 9.17) is 30.4 Å². The normalized spacial score (nSPS) is 16.4. The van der Waals surface area contributed by atoms with E-state index in [1.807, 2.05) is 61.5 Å². The maximum absolute atomic E-state index is 12.3. The Bertz CT molecular complexity index is 2660. The number of hydrogen-bond donors (Lipinski definition) is 4. The molecule has 2 unspecified atom stereocenters. The molecule has 5 aromatic carbocycles. The third-order valence-electron chi connectivity index (χ3n) is 11.7. The number of nitrogens with two attached hydrogens (primary N) is 1. The average molecular weight is 831 g/mol. The lowest BCUT2D eigenvalue weighted by Crippen LogP contribution is -2.41. The summed E-state index contributed by atoms with van der Waals surface area (Å²) in [6.07, 6.45) is 3.89. The second-order valence-corrected chi connectivity index (χ2v) is 16.4. The number of phenols is 2. The Hall–Kier alpha value is -6.79. The van der Waals surface area contributed by atoms with E-state index in [1.165, 1.54) is 6.42 Å². The van der Waals surface area contributed by atoms with Gasteiger partial charge in [0.15, 0.2) is 11.6 Å². The lowest BCUT2D eigenvalue weighted by Gasteiger charge is -2.34. The fourth-order valence-electron chi connectivity index (χ4n) is 8.37. The van der Waals surface area contributed by atoms with Crippen molar-refractivity contribution in [2.24, 2.45) is 17.6 Å². The summed E-state index contributed by atoms with van der Waals surface area (Å²) in [5.41, 5.74) is 12.2. The van der Waals surface area contributed by atoms with Crippen LogP contribution in [0.1, 0.15) is 42.4 Å². The second-order valence-electron chi connectivity index (χ2n) is 16.4. The van der Waals surface area contributed by atoms with E-state index >= 15 is 0 Å². The Balaban J connectivity index is 0.000000180. The molecule has 2 aliphatic heterocycles. The minimum atomic E-state index is -0.402. The maximum atomic E-state index is 12.3. The van der Waals surface area contributed by atoms with Gasteiger partial charge in [-0.25, -0.2) is 24.7 Å². The van der Waals surface area contributed by atoms with Crippen molar-refractivity contribution in [1.29, 1.82) is 0 Å². The first-order valence-corrected chi connectivity index (χ1v) is 21.5. The summed E-state index contributed by atoms with van der Waals surface area (Å²) in [5, 5.41) is 25.6. The Morgan fingerprint density at radius 3 is 1.71 bits per heavy atom. The number of alkyl carbamates (subject to hydrolysis) is 1. The molecule has 5 N–H and O–H groups in total. The van der Waals surface area contributed by atoms with Crippen LogP contribution in [0.2, 0.25) is 0 Å². The van der Waals surface area contributed by atoms with Crippen LogP contribution in [0, 0.1) is 25.7 Å². The summed E-state index contributed by atoms with van der Waals surface area (Å²) in [5.74, 6) is 3.98. The van der Waals surface area contributed by atoms with Gasteiger partial charge in [-0.3, -0.25) is 0 Å². The fourth-order valence-corrected chi connectivity index (χ4v) is 8.37. The van der Waals surface area contributed by atoms with Gasteiger partial charge in [-0.05, 0) is 123 Å². The minimum Gasteiger partial charge on any atom is -0.507 e. The predicted octanol–water partition coefficient (Wildman–Crippen LogP) is 8.94. The molecule has 2 fully saturated rings. The number of amides is 1.